The van der Waals surface area contributed by atoms with E-state index in [0.717, 1.165) is 31.1 Å². The molecule has 0 unspecified atom stereocenters. The minimum absolute atomic E-state index is 0.195. The monoisotopic (exact) mass is 413 g/mol. The van der Waals surface area contributed by atoms with E-state index in [1.54, 1.807) is 20.3 Å². The number of methoxy groups -OCH3 is 2. The van der Waals surface area contributed by atoms with Gasteiger partial charge in [0.1, 0.15) is 5.82 Å². The van der Waals surface area contributed by atoms with Gasteiger partial charge in [-0.05, 0) is 18.9 Å². The summed E-state index contributed by atoms with van der Waals surface area (Å²) in [5, 5.41) is 0.732. The van der Waals surface area contributed by atoms with E-state index in [9.17, 15) is 4.79 Å². The second-order valence-electron chi connectivity index (χ2n) is 8.53. The molecular formula is C22H31N5O3. The number of anilines is 2. The number of ether oxygens (including phenoxy) is 2. The number of benzene rings is 1. The zero-order valence-electron chi connectivity index (χ0n) is 18.1. The molecule has 8 nitrogen and oxygen atoms in total. The maximum absolute atomic E-state index is 13.1. The topological polar surface area (TPSA) is 93.8 Å². The number of carbonyl (C=O) groups excluding carboxylic acids is 1. The lowest BCUT2D eigenvalue weighted by Crippen LogP contribution is -2.53. The molecule has 8 heteroatoms. The third-order valence-corrected chi connectivity index (χ3v) is 6.54. The molecule has 2 aromatic rings. The molecule has 1 amide bonds. The molecule has 2 heterocycles. The fourth-order valence-electron chi connectivity index (χ4n) is 4.65. The third kappa shape index (κ3) is 3.70. The van der Waals surface area contributed by atoms with E-state index >= 15 is 0 Å². The Morgan fingerprint density at radius 3 is 2.27 bits per heavy atom. The van der Waals surface area contributed by atoms with E-state index in [1.807, 2.05) is 11.0 Å². The van der Waals surface area contributed by atoms with Crippen LogP contribution >= 0.6 is 0 Å². The van der Waals surface area contributed by atoms with Crippen molar-refractivity contribution in [1.82, 2.24) is 14.9 Å². The first-order valence-electron chi connectivity index (χ1n) is 10.7. The highest BCUT2D eigenvalue weighted by atomic mass is 16.5. The lowest BCUT2D eigenvalue weighted by Gasteiger charge is -2.41. The van der Waals surface area contributed by atoms with E-state index in [-0.39, 0.29) is 5.41 Å². The van der Waals surface area contributed by atoms with Crippen molar-refractivity contribution in [2.45, 2.75) is 39.0 Å². The van der Waals surface area contributed by atoms with Crippen molar-refractivity contribution in [2.75, 3.05) is 51.0 Å². The van der Waals surface area contributed by atoms with Gasteiger partial charge in [0.25, 0.3) is 0 Å². The van der Waals surface area contributed by atoms with Crippen molar-refractivity contribution in [3.05, 3.63) is 12.1 Å². The van der Waals surface area contributed by atoms with E-state index in [1.165, 1.54) is 6.42 Å². The summed E-state index contributed by atoms with van der Waals surface area (Å²) in [6.45, 7) is 4.89. The van der Waals surface area contributed by atoms with Gasteiger partial charge >= 0.3 is 0 Å². The van der Waals surface area contributed by atoms with Gasteiger partial charge in [0.2, 0.25) is 11.9 Å². The Morgan fingerprint density at radius 1 is 1.00 bits per heavy atom. The Hall–Kier alpha value is -2.77. The van der Waals surface area contributed by atoms with Crippen LogP contribution in [0, 0.1) is 5.41 Å². The maximum atomic E-state index is 13.1. The summed E-state index contributed by atoms with van der Waals surface area (Å²) in [6, 6.07) is 3.62. The van der Waals surface area contributed by atoms with Crippen LogP contribution in [-0.2, 0) is 4.79 Å². The predicted octanol–water partition coefficient (Wildman–Crippen LogP) is 2.85. The van der Waals surface area contributed by atoms with Gasteiger partial charge in [0.15, 0.2) is 11.5 Å². The van der Waals surface area contributed by atoms with Crippen LogP contribution in [0.3, 0.4) is 0 Å². The number of nitrogen functional groups attached to an aromatic ring is 1. The second kappa shape index (κ2) is 8.16. The summed E-state index contributed by atoms with van der Waals surface area (Å²) in [5.74, 6) is 2.49. The molecule has 1 saturated carbocycles. The number of carbonyl (C=O) groups is 1. The molecule has 2 aliphatic rings. The minimum atomic E-state index is -0.195. The van der Waals surface area contributed by atoms with Crippen molar-refractivity contribution in [3.8, 4) is 11.5 Å². The summed E-state index contributed by atoms with van der Waals surface area (Å²) in [6.07, 6.45) is 5.55. The molecule has 1 saturated heterocycles. The first-order chi connectivity index (χ1) is 14.4. The molecule has 2 fully saturated rings. The molecule has 0 atom stereocenters. The highest BCUT2D eigenvalue weighted by Gasteiger charge is 2.38. The van der Waals surface area contributed by atoms with Gasteiger partial charge in [-0.2, -0.15) is 4.98 Å². The lowest BCUT2D eigenvalue weighted by atomic mass is 9.74. The molecule has 30 heavy (non-hydrogen) atoms. The van der Waals surface area contributed by atoms with Crippen molar-refractivity contribution < 1.29 is 14.3 Å². The number of piperazine rings is 1. The molecule has 1 aromatic heterocycles. The minimum Gasteiger partial charge on any atom is -0.493 e. The fraction of sp³-hybridized carbons (Fsp3) is 0.591. The molecular weight excluding hydrogens is 382 g/mol. The maximum Gasteiger partial charge on any atom is 0.228 e. The SMILES string of the molecule is COc1cc2nc(N3CCN(C(=O)C4(C)CCCCC4)CC3)nc(N)c2cc1OC. The highest BCUT2D eigenvalue weighted by molar-refractivity contribution is 5.91. The standard InChI is InChI=1S/C22H31N5O3/c1-22(7-5-4-6-8-22)20(28)26-9-11-27(12-10-26)21-24-16-14-18(30-3)17(29-2)13-15(16)19(23)25-21/h13-14H,4-12H2,1-3H3,(H2,23,24,25). The van der Waals surface area contributed by atoms with E-state index in [0.29, 0.717) is 60.9 Å². The Labute approximate surface area is 177 Å². The largest absolute Gasteiger partial charge is 0.493 e. The number of hydrogen-bond acceptors (Lipinski definition) is 7. The fourth-order valence-corrected chi connectivity index (χ4v) is 4.65. The van der Waals surface area contributed by atoms with Crippen LogP contribution in [-0.4, -0.2) is 61.2 Å². The first kappa shape index (κ1) is 20.5. The summed E-state index contributed by atoms with van der Waals surface area (Å²) in [7, 11) is 3.18. The van der Waals surface area contributed by atoms with Crippen LogP contribution in [0.5, 0.6) is 11.5 Å². The zero-order valence-corrected chi connectivity index (χ0v) is 18.1. The third-order valence-electron chi connectivity index (χ3n) is 6.54. The van der Waals surface area contributed by atoms with Gasteiger partial charge in [0, 0.05) is 43.0 Å². The number of rotatable bonds is 4. The Bertz CT molecular complexity index is 934. The lowest BCUT2D eigenvalue weighted by molar-refractivity contribution is -0.143. The van der Waals surface area contributed by atoms with Crippen molar-refractivity contribution >= 4 is 28.6 Å². The van der Waals surface area contributed by atoms with Crippen molar-refractivity contribution in [2.24, 2.45) is 5.41 Å². The smallest absolute Gasteiger partial charge is 0.228 e. The molecule has 162 valence electrons. The van der Waals surface area contributed by atoms with Crippen LogP contribution in [0.1, 0.15) is 39.0 Å². The molecule has 0 radical (unpaired) electrons. The molecule has 1 aliphatic carbocycles. The summed E-state index contributed by atoms with van der Waals surface area (Å²) in [5.41, 5.74) is 6.75. The summed E-state index contributed by atoms with van der Waals surface area (Å²) >= 11 is 0. The van der Waals surface area contributed by atoms with Crippen LogP contribution in [0.25, 0.3) is 10.9 Å². The van der Waals surface area contributed by atoms with Crippen LogP contribution in [0.15, 0.2) is 12.1 Å². The highest BCUT2D eigenvalue weighted by Crippen LogP contribution is 2.38. The van der Waals surface area contributed by atoms with E-state index < -0.39 is 0 Å². The summed E-state index contributed by atoms with van der Waals surface area (Å²) in [4.78, 5) is 26.5. The van der Waals surface area contributed by atoms with Crippen LogP contribution in [0.4, 0.5) is 11.8 Å². The number of fused-ring (bicyclic) bond motifs is 1. The molecule has 1 aromatic carbocycles. The molecule has 4 rings (SSSR count). The number of aromatic nitrogens is 2. The van der Waals surface area contributed by atoms with Gasteiger partial charge in [-0.15, -0.1) is 0 Å². The van der Waals surface area contributed by atoms with Gasteiger partial charge in [0.05, 0.1) is 19.7 Å². The predicted molar refractivity (Wildman–Crippen MR) is 117 cm³/mol. The van der Waals surface area contributed by atoms with E-state index in [4.69, 9.17) is 20.2 Å². The Morgan fingerprint density at radius 2 is 1.63 bits per heavy atom. The van der Waals surface area contributed by atoms with Gasteiger partial charge in [-0.3, -0.25) is 4.79 Å². The Balaban J connectivity index is 1.51. The van der Waals surface area contributed by atoms with E-state index in [2.05, 4.69) is 16.8 Å². The molecule has 1 aliphatic heterocycles. The average Bonchev–Trinajstić information content (AvgIpc) is 2.78. The second-order valence-corrected chi connectivity index (χ2v) is 8.53. The summed E-state index contributed by atoms with van der Waals surface area (Å²) < 4.78 is 10.7. The Kier molecular flexibility index (Phi) is 5.58. The van der Waals surface area contributed by atoms with Gasteiger partial charge < -0.3 is 25.0 Å². The number of nitrogens with two attached hydrogens (primary N) is 1. The van der Waals surface area contributed by atoms with Gasteiger partial charge in [-0.1, -0.05) is 26.2 Å². The molecule has 0 spiro atoms. The van der Waals surface area contributed by atoms with Crippen molar-refractivity contribution in [3.63, 3.8) is 0 Å². The number of amides is 1. The first-order valence-corrected chi connectivity index (χ1v) is 10.7. The van der Waals surface area contributed by atoms with Crippen molar-refractivity contribution in [1.29, 1.82) is 0 Å². The molecule has 0 bridgehead atoms. The van der Waals surface area contributed by atoms with Crippen LogP contribution < -0.4 is 20.1 Å². The average molecular weight is 414 g/mol. The number of hydrogen-bond donors (Lipinski definition) is 1. The normalized spacial score (nSPS) is 19.0. The van der Waals surface area contributed by atoms with Crippen LogP contribution in [0.2, 0.25) is 0 Å². The van der Waals surface area contributed by atoms with Gasteiger partial charge in [-0.25, -0.2) is 4.98 Å². The molecule has 2 N–H and O–H groups in total. The quantitative estimate of drug-likeness (QED) is 0.824. The zero-order chi connectivity index (χ0) is 21.3. The number of nitrogens with zero attached hydrogens (tertiary/aromatic N) is 4.